The second-order valence-corrected chi connectivity index (χ2v) is 6.85. The fraction of sp³-hybridized carbons (Fsp3) is 0.333. The normalized spacial score (nSPS) is 11.8. The lowest BCUT2D eigenvalue weighted by Crippen LogP contribution is -2.18. The zero-order valence-electron chi connectivity index (χ0n) is 6.37. The lowest BCUT2D eigenvalue weighted by Gasteiger charge is -1.97. The van der Waals surface area contributed by atoms with E-state index < -0.39 is 9.84 Å². The van der Waals surface area contributed by atoms with E-state index in [-0.39, 0.29) is 5.88 Å². The van der Waals surface area contributed by atoms with Crippen molar-refractivity contribution in [3.63, 3.8) is 0 Å². The number of halogens is 1. The third-order valence-electron chi connectivity index (χ3n) is 1.19. The van der Waals surface area contributed by atoms with Crippen LogP contribution in [-0.4, -0.2) is 21.3 Å². The van der Waals surface area contributed by atoms with Crippen molar-refractivity contribution < 1.29 is 8.42 Å². The molecule has 0 saturated heterocycles. The summed E-state index contributed by atoms with van der Waals surface area (Å²) in [4.78, 5) is 0. The van der Waals surface area contributed by atoms with Gasteiger partial charge in [0.05, 0.1) is 3.79 Å². The zero-order valence-corrected chi connectivity index (χ0v) is 9.59. The van der Waals surface area contributed by atoms with Crippen molar-refractivity contribution in [1.29, 1.82) is 0 Å². The number of rotatable bonds is 3. The number of sulfone groups is 1. The molecule has 0 bridgehead atoms. The van der Waals surface area contributed by atoms with Crippen LogP contribution in [0.3, 0.4) is 0 Å². The van der Waals surface area contributed by atoms with E-state index in [1.165, 1.54) is 11.3 Å². The second kappa shape index (κ2) is 3.87. The van der Waals surface area contributed by atoms with Crippen molar-refractivity contribution in [3.8, 4) is 0 Å². The van der Waals surface area contributed by atoms with Gasteiger partial charge in [-0.2, -0.15) is 0 Å². The fourth-order valence-corrected chi connectivity index (χ4v) is 3.92. The van der Waals surface area contributed by atoms with Gasteiger partial charge >= 0.3 is 0 Å². The summed E-state index contributed by atoms with van der Waals surface area (Å²) in [6.45, 7) is 0. The van der Waals surface area contributed by atoms with Crippen LogP contribution in [0.15, 0.2) is 20.1 Å². The lowest BCUT2D eigenvalue weighted by atomic mass is 10.7. The standard InChI is InChI=1S/C6H8BrNO2S2/c1-8-4-12(9,10)6-3-2-5(7)11-6/h2-3,8H,4H2,1H3. The first kappa shape index (κ1) is 10.2. The molecule has 0 atom stereocenters. The molecule has 0 unspecified atom stereocenters. The first-order valence-electron chi connectivity index (χ1n) is 3.19. The highest BCUT2D eigenvalue weighted by Gasteiger charge is 2.14. The van der Waals surface area contributed by atoms with Crippen molar-refractivity contribution in [2.24, 2.45) is 0 Å². The van der Waals surface area contributed by atoms with E-state index in [4.69, 9.17) is 0 Å². The smallest absolute Gasteiger partial charge is 0.200 e. The molecule has 1 aromatic heterocycles. The Morgan fingerprint density at radius 3 is 2.67 bits per heavy atom. The molecule has 1 N–H and O–H groups in total. The maximum absolute atomic E-state index is 11.4. The van der Waals surface area contributed by atoms with Crippen LogP contribution in [0, 0.1) is 0 Å². The molecule has 0 aromatic carbocycles. The van der Waals surface area contributed by atoms with Crippen molar-refractivity contribution in [2.75, 3.05) is 12.9 Å². The van der Waals surface area contributed by atoms with Crippen LogP contribution in [-0.2, 0) is 9.84 Å². The van der Waals surface area contributed by atoms with Crippen LogP contribution in [0.5, 0.6) is 0 Å². The van der Waals surface area contributed by atoms with Crippen LogP contribution in [0.4, 0.5) is 0 Å². The third kappa shape index (κ3) is 2.29. The highest BCUT2D eigenvalue weighted by Crippen LogP contribution is 2.26. The summed E-state index contributed by atoms with van der Waals surface area (Å²) in [7, 11) is -1.50. The van der Waals surface area contributed by atoms with Gasteiger partial charge in [-0.05, 0) is 35.1 Å². The minimum absolute atomic E-state index is 0.0139. The summed E-state index contributed by atoms with van der Waals surface area (Å²) in [5, 5.41) is 2.62. The molecule has 12 heavy (non-hydrogen) atoms. The Morgan fingerprint density at radius 1 is 1.58 bits per heavy atom. The minimum atomic E-state index is -3.11. The van der Waals surface area contributed by atoms with Crippen LogP contribution in [0.1, 0.15) is 0 Å². The van der Waals surface area contributed by atoms with E-state index in [2.05, 4.69) is 21.2 Å². The number of thiophene rings is 1. The summed E-state index contributed by atoms with van der Waals surface area (Å²) in [5.41, 5.74) is 0. The van der Waals surface area contributed by atoms with Crippen LogP contribution in [0.2, 0.25) is 0 Å². The van der Waals surface area contributed by atoms with Gasteiger partial charge in [-0.25, -0.2) is 8.42 Å². The Kier molecular flexibility index (Phi) is 3.28. The van der Waals surface area contributed by atoms with Gasteiger partial charge in [0.2, 0.25) is 9.84 Å². The van der Waals surface area contributed by atoms with Gasteiger partial charge < -0.3 is 5.32 Å². The van der Waals surface area contributed by atoms with E-state index in [1.54, 1.807) is 19.2 Å². The molecule has 1 rings (SSSR count). The molecular weight excluding hydrogens is 262 g/mol. The summed E-state index contributed by atoms with van der Waals surface area (Å²) >= 11 is 4.43. The van der Waals surface area contributed by atoms with Gasteiger partial charge in [0.25, 0.3) is 0 Å². The topological polar surface area (TPSA) is 46.2 Å². The Hall–Kier alpha value is 0.0900. The highest BCUT2D eigenvalue weighted by molar-refractivity contribution is 9.11. The molecule has 0 aliphatic rings. The molecule has 0 saturated carbocycles. The first-order valence-corrected chi connectivity index (χ1v) is 6.45. The SMILES string of the molecule is CNCS(=O)(=O)c1ccc(Br)s1. The minimum Gasteiger partial charge on any atom is -0.306 e. The Labute approximate surface area is 83.8 Å². The van der Waals surface area contributed by atoms with Gasteiger partial charge in [0.15, 0.2) is 0 Å². The molecule has 0 spiro atoms. The summed E-state index contributed by atoms with van der Waals surface area (Å²) in [6.07, 6.45) is 0. The first-order chi connectivity index (χ1) is 5.56. The highest BCUT2D eigenvalue weighted by atomic mass is 79.9. The molecule has 3 nitrogen and oxygen atoms in total. The molecule has 0 fully saturated rings. The Balaban J connectivity index is 2.98. The predicted octanol–water partition coefficient (Wildman–Crippen LogP) is 1.46. The van der Waals surface area contributed by atoms with Crippen LogP contribution < -0.4 is 5.32 Å². The van der Waals surface area contributed by atoms with Crippen molar-refractivity contribution in [1.82, 2.24) is 5.32 Å². The van der Waals surface area contributed by atoms with E-state index in [0.717, 1.165) is 3.79 Å². The maximum atomic E-state index is 11.4. The zero-order chi connectivity index (χ0) is 9.19. The van der Waals surface area contributed by atoms with Gasteiger partial charge in [-0.1, -0.05) is 0 Å². The van der Waals surface area contributed by atoms with E-state index in [9.17, 15) is 8.42 Å². The van der Waals surface area contributed by atoms with Crippen molar-refractivity contribution >= 4 is 37.1 Å². The van der Waals surface area contributed by atoms with Gasteiger partial charge in [-0.3, -0.25) is 0 Å². The molecule has 0 radical (unpaired) electrons. The van der Waals surface area contributed by atoms with Gasteiger partial charge in [0.1, 0.15) is 10.1 Å². The molecule has 1 heterocycles. The fourth-order valence-electron chi connectivity index (χ4n) is 0.726. The quantitative estimate of drug-likeness (QED) is 0.904. The Morgan fingerprint density at radius 2 is 2.25 bits per heavy atom. The third-order valence-corrected chi connectivity index (χ3v) is 5.04. The monoisotopic (exact) mass is 269 g/mol. The molecule has 6 heteroatoms. The summed E-state index contributed by atoms with van der Waals surface area (Å²) in [5.74, 6) is -0.0139. The second-order valence-electron chi connectivity index (χ2n) is 2.17. The van der Waals surface area contributed by atoms with Gasteiger partial charge in [-0.15, -0.1) is 11.3 Å². The van der Waals surface area contributed by atoms with E-state index in [0.29, 0.717) is 4.21 Å². The summed E-state index contributed by atoms with van der Waals surface area (Å²) in [6, 6.07) is 3.33. The molecule has 0 aliphatic heterocycles. The van der Waals surface area contributed by atoms with Crippen LogP contribution in [0.25, 0.3) is 0 Å². The predicted molar refractivity (Wildman–Crippen MR) is 53.1 cm³/mol. The number of nitrogens with one attached hydrogen (secondary N) is 1. The molecule has 1 aromatic rings. The van der Waals surface area contributed by atoms with Crippen molar-refractivity contribution in [2.45, 2.75) is 4.21 Å². The number of hydrogen-bond acceptors (Lipinski definition) is 4. The van der Waals surface area contributed by atoms with Crippen molar-refractivity contribution in [3.05, 3.63) is 15.9 Å². The summed E-state index contributed by atoms with van der Waals surface area (Å²) < 4.78 is 24.0. The molecule has 68 valence electrons. The molecular formula is C6H8BrNO2S2. The molecule has 0 amide bonds. The Bertz CT molecular complexity index is 357. The largest absolute Gasteiger partial charge is 0.306 e. The average molecular weight is 270 g/mol. The van der Waals surface area contributed by atoms with Crippen LogP contribution >= 0.6 is 27.3 Å². The number of hydrogen-bond donors (Lipinski definition) is 1. The van der Waals surface area contributed by atoms with E-state index in [1.807, 2.05) is 0 Å². The molecule has 0 aliphatic carbocycles. The van der Waals surface area contributed by atoms with E-state index >= 15 is 0 Å². The lowest BCUT2D eigenvalue weighted by molar-refractivity contribution is 0.593. The van der Waals surface area contributed by atoms with Gasteiger partial charge in [0, 0.05) is 0 Å². The average Bonchev–Trinajstić information content (AvgIpc) is 2.36. The maximum Gasteiger partial charge on any atom is 0.200 e.